The Balaban J connectivity index is 1.78. The van der Waals surface area contributed by atoms with Crippen LogP contribution >= 0.6 is 0 Å². The Labute approximate surface area is 111 Å². The van der Waals surface area contributed by atoms with Gasteiger partial charge in [0.25, 0.3) is 0 Å². The highest BCUT2D eigenvalue weighted by molar-refractivity contribution is 5.47. The highest BCUT2D eigenvalue weighted by Gasteiger charge is 2.26. The topological polar surface area (TPSA) is 64.3 Å². The molecule has 0 aliphatic carbocycles. The Morgan fingerprint density at radius 2 is 2.26 bits per heavy atom. The number of nitrogens with zero attached hydrogens (tertiary/aromatic N) is 4. The molecule has 19 heavy (non-hydrogen) atoms. The fraction of sp³-hybridized carbons (Fsp3) is 0.462. The van der Waals surface area contributed by atoms with Crippen LogP contribution in [0.15, 0.2) is 22.9 Å². The predicted octanol–water partition coefficient (Wildman–Crippen LogP) is 1.66. The van der Waals surface area contributed by atoms with E-state index in [1.807, 2.05) is 19.2 Å². The van der Waals surface area contributed by atoms with Crippen LogP contribution in [0.25, 0.3) is 0 Å². The summed E-state index contributed by atoms with van der Waals surface area (Å²) in [4.78, 5) is 10.7. The van der Waals surface area contributed by atoms with Crippen LogP contribution in [0, 0.1) is 13.8 Å². The molecule has 0 radical (unpaired) electrons. The average molecular weight is 260 g/mol. The van der Waals surface area contributed by atoms with Crippen LogP contribution in [-0.4, -0.2) is 34.8 Å². The van der Waals surface area contributed by atoms with Gasteiger partial charge in [0.2, 0.25) is 11.7 Å². The van der Waals surface area contributed by atoms with Gasteiger partial charge in [-0.25, -0.2) is 0 Å². The SMILES string of the molecule is Cc1cc(N2CCO[C@H](c3noc(C)n3)C2)ccn1. The number of morpholine rings is 1. The molecule has 6 heteroatoms. The first-order chi connectivity index (χ1) is 9.22. The van der Waals surface area contributed by atoms with Crippen molar-refractivity contribution in [2.45, 2.75) is 20.0 Å². The molecule has 2 aromatic rings. The second-order valence-electron chi connectivity index (χ2n) is 4.63. The third-order valence-corrected chi connectivity index (χ3v) is 3.14. The molecule has 3 heterocycles. The van der Waals surface area contributed by atoms with Crippen molar-refractivity contribution in [3.05, 3.63) is 35.7 Å². The molecule has 3 rings (SSSR count). The molecule has 1 aliphatic heterocycles. The van der Waals surface area contributed by atoms with E-state index < -0.39 is 0 Å². The molecule has 1 saturated heterocycles. The Hall–Kier alpha value is -1.95. The summed E-state index contributed by atoms with van der Waals surface area (Å²) >= 11 is 0. The molecule has 1 atom stereocenters. The largest absolute Gasteiger partial charge is 0.366 e. The highest BCUT2D eigenvalue weighted by atomic mass is 16.5. The lowest BCUT2D eigenvalue weighted by Crippen LogP contribution is -2.38. The van der Waals surface area contributed by atoms with E-state index in [1.165, 1.54) is 0 Å². The molecular formula is C13H16N4O2. The zero-order valence-corrected chi connectivity index (χ0v) is 11.0. The van der Waals surface area contributed by atoms with E-state index in [4.69, 9.17) is 9.26 Å². The van der Waals surface area contributed by atoms with Crippen molar-refractivity contribution in [3.8, 4) is 0 Å². The third kappa shape index (κ3) is 2.58. The highest BCUT2D eigenvalue weighted by Crippen LogP contribution is 2.24. The summed E-state index contributed by atoms with van der Waals surface area (Å²) in [5.41, 5.74) is 2.16. The van der Waals surface area contributed by atoms with Crippen molar-refractivity contribution in [1.82, 2.24) is 15.1 Å². The van der Waals surface area contributed by atoms with Gasteiger partial charge >= 0.3 is 0 Å². The Morgan fingerprint density at radius 1 is 1.37 bits per heavy atom. The molecule has 1 aliphatic rings. The van der Waals surface area contributed by atoms with Gasteiger partial charge in [0, 0.05) is 31.0 Å². The van der Waals surface area contributed by atoms with Gasteiger partial charge < -0.3 is 14.2 Å². The van der Waals surface area contributed by atoms with Crippen molar-refractivity contribution in [1.29, 1.82) is 0 Å². The van der Waals surface area contributed by atoms with Crippen molar-refractivity contribution in [3.63, 3.8) is 0 Å². The summed E-state index contributed by atoms with van der Waals surface area (Å²) in [6.07, 6.45) is 1.69. The molecule has 6 nitrogen and oxygen atoms in total. The summed E-state index contributed by atoms with van der Waals surface area (Å²) in [6, 6.07) is 4.08. The van der Waals surface area contributed by atoms with Gasteiger partial charge in [-0.15, -0.1) is 0 Å². The van der Waals surface area contributed by atoms with Crippen molar-refractivity contribution < 1.29 is 9.26 Å². The molecule has 0 amide bonds. The van der Waals surface area contributed by atoms with Crippen LogP contribution in [0.3, 0.4) is 0 Å². The normalized spacial score (nSPS) is 19.7. The first kappa shape index (κ1) is 12.1. The fourth-order valence-electron chi connectivity index (χ4n) is 2.21. The standard InChI is InChI=1S/C13H16N4O2/c1-9-7-11(3-4-14-9)17-5-6-18-12(8-17)13-15-10(2)19-16-13/h3-4,7,12H,5-6,8H2,1-2H3/t12-/m0/s1. The van der Waals surface area contributed by atoms with Gasteiger partial charge in [-0.05, 0) is 19.1 Å². The second-order valence-corrected chi connectivity index (χ2v) is 4.63. The van der Waals surface area contributed by atoms with E-state index in [9.17, 15) is 0 Å². The summed E-state index contributed by atoms with van der Waals surface area (Å²) in [7, 11) is 0. The first-order valence-corrected chi connectivity index (χ1v) is 6.32. The smallest absolute Gasteiger partial charge is 0.223 e. The van der Waals surface area contributed by atoms with E-state index in [-0.39, 0.29) is 6.10 Å². The maximum atomic E-state index is 5.72. The minimum Gasteiger partial charge on any atom is -0.366 e. The van der Waals surface area contributed by atoms with E-state index in [1.54, 1.807) is 6.92 Å². The molecule has 100 valence electrons. The maximum Gasteiger partial charge on any atom is 0.223 e. The zero-order chi connectivity index (χ0) is 13.2. The van der Waals surface area contributed by atoms with Gasteiger partial charge in [0.15, 0.2) is 0 Å². The van der Waals surface area contributed by atoms with Crippen molar-refractivity contribution >= 4 is 5.69 Å². The summed E-state index contributed by atoms with van der Waals surface area (Å²) in [6.45, 7) is 6.01. The third-order valence-electron chi connectivity index (χ3n) is 3.14. The zero-order valence-electron chi connectivity index (χ0n) is 11.0. The Kier molecular flexibility index (Phi) is 3.16. The van der Waals surface area contributed by atoms with Crippen molar-refractivity contribution in [2.24, 2.45) is 0 Å². The lowest BCUT2D eigenvalue weighted by atomic mass is 10.2. The molecule has 0 saturated carbocycles. The number of pyridine rings is 1. The number of ether oxygens (including phenoxy) is 1. The van der Waals surface area contributed by atoms with Crippen molar-refractivity contribution in [2.75, 3.05) is 24.6 Å². The van der Waals surface area contributed by atoms with E-state index in [0.29, 0.717) is 18.3 Å². The molecule has 2 aromatic heterocycles. The average Bonchev–Trinajstić information content (AvgIpc) is 2.86. The van der Waals surface area contributed by atoms with Crippen LogP contribution in [0.1, 0.15) is 23.5 Å². The molecule has 0 unspecified atom stereocenters. The van der Waals surface area contributed by atoms with Crippen LogP contribution in [0.4, 0.5) is 5.69 Å². The minimum atomic E-state index is -0.139. The number of aryl methyl sites for hydroxylation is 2. The van der Waals surface area contributed by atoms with Crippen LogP contribution in [-0.2, 0) is 4.74 Å². The van der Waals surface area contributed by atoms with Gasteiger partial charge in [0.05, 0.1) is 13.2 Å². The Bertz CT molecular complexity index is 569. The first-order valence-electron chi connectivity index (χ1n) is 6.32. The number of rotatable bonds is 2. The van der Waals surface area contributed by atoms with E-state index in [0.717, 1.165) is 24.5 Å². The van der Waals surface area contributed by atoms with Gasteiger partial charge in [-0.2, -0.15) is 4.98 Å². The molecule has 0 N–H and O–H groups in total. The number of anilines is 1. The summed E-state index contributed by atoms with van der Waals surface area (Å²) < 4.78 is 10.7. The lowest BCUT2D eigenvalue weighted by Gasteiger charge is -2.33. The van der Waals surface area contributed by atoms with Gasteiger partial charge in [-0.3, -0.25) is 4.98 Å². The monoisotopic (exact) mass is 260 g/mol. The molecular weight excluding hydrogens is 244 g/mol. The summed E-state index contributed by atoms with van der Waals surface area (Å²) in [5.74, 6) is 1.18. The van der Waals surface area contributed by atoms with Crippen LogP contribution in [0.5, 0.6) is 0 Å². The summed E-state index contributed by atoms with van der Waals surface area (Å²) in [5, 5.41) is 3.93. The predicted molar refractivity (Wildman–Crippen MR) is 68.9 cm³/mol. The Morgan fingerprint density at radius 3 is 3.00 bits per heavy atom. The number of hydrogen-bond acceptors (Lipinski definition) is 6. The molecule has 1 fully saturated rings. The van der Waals surface area contributed by atoms with Gasteiger partial charge in [0.1, 0.15) is 6.10 Å². The second kappa shape index (κ2) is 4.97. The quantitative estimate of drug-likeness (QED) is 0.818. The fourth-order valence-corrected chi connectivity index (χ4v) is 2.21. The molecule has 0 bridgehead atoms. The van der Waals surface area contributed by atoms with Gasteiger partial charge in [-0.1, -0.05) is 5.16 Å². The number of hydrogen-bond donors (Lipinski definition) is 0. The number of aromatic nitrogens is 3. The minimum absolute atomic E-state index is 0.139. The van der Waals surface area contributed by atoms with E-state index in [2.05, 4.69) is 26.1 Å². The van der Waals surface area contributed by atoms with Crippen LogP contribution < -0.4 is 4.90 Å². The molecule has 0 spiro atoms. The van der Waals surface area contributed by atoms with Crippen LogP contribution in [0.2, 0.25) is 0 Å². The lowest BCUT2D eigenvalue weighted by molar-refractivity contribution is 0.0326. The maximum absolute atomic E-state index is 5.72. The van der Waals surface area contributed by atoms with E-state index >= 15 is 0 Å². The molecule has 0 aromatic carbocycles.